The molecule has 108 valence electrons. The smallest absolute Gasteiger partial charge is 0.236 e. The normalized spacial score (nSPS) is 10.1. The molecular weight excluding hydrogens is 270 g/mol. The second kappa shape index (κ2) is 8.49. The number of hydrogen-bond donors (Lipinski definition) is 1. The van der Waals surface area contributed by atoms with Gasteiger partial charge in [0.15, 0.2) is 0 Å². The molecule has 0 radical (unpaired) electrons. The molecule has 0 aromatic heterocycles. The first-order valence-electron chi connectivity index (χ1n) is 6.83. The van der Waals surface area contributed by atoms with E-state index >= 15 is 0 Å². The van der Waals surface area contributed by atoms with Crippen molar-refractivity contribution in [3.05, 3.63) is 23.8 Å². The number of benzene rings is 1. The van der Waals surface area contributed by atoms with Gasteiger partial charge in [-0.05, 0) is 24.3 Å². The molecule has 1 aromatic rings. The van der Waals surface area contributed by atoms with E-state index in [-0.39, 0.29) is 12.5 Å². The Hall–Kier alpha value is -1.67. The minimum Gasteiger partial charge on any atom is -0.368 e. The van der Waals surface area contributed by atoms with Crippen molar-refractivity contribution < 1.29 is 4.79 Å². The van der Waals surface area contributed by atoms with Crippen molar-refractivity contribution in [3.63, 3.8) is 0 Å². The topological polar surface area (TPSA) is 70.1 Å². The van der Waals surface area contributed by atoms with Crippen LogP contribution >= 0.6 is 11.8 Å². The first-order chi connectivity index (χ1) is 9.63. The summed E-state index contributed by atoms with van der Waals surface area (Å²) >= 11 is 1.64. The number of carbonyl (C=O) groups is 1. The van der Waals surface area contributed by atoms with Gasteiger partial charge in [-0.15, -0.1) is 11.8 Å². The van der Waals surface area contributed by atoms with Crippen molar-refractivity contribution in [2.45, 2.75) is 31.6 Å². The zero-order valence-corrected chi connectivity index (χ0v) is 12.9. The maximum absolute atomic E-state index is 11.2. The molecule has 4 nitrogen and oxygen atoms in total. The van der Waals surface area contributed by atoms with E-state index in [4.69, 9.17) is 5.73 Å². The number of nitriles is 1. The molecular formula is C15H21N3OS. The summed E-state index contributed by atoms with van der Waals surface area (Å²) in [6.07, 6.45) is 1.99. The molecule has 0 fully saturated rings. The lowest BCUT2D eigenvalue weighted by Crippen LogP contribution is -2.35. The van der Waals surface area contributed by atoms with Crippen LogP contribution in [-0.2, 0) is 4.79 Å². The summed E-state index contributed by atoms with van der Waals surface area (Å²) in [5.74, 6) is 0.529. The molecule has 1 amide bonds. The Bertz CT molecular complexity index is 496. The number of thioether (sulfide) groups is 1. The van der Waals surface area contributed by atoms with E-state index in [1.807, 2.05) is 23.1 Å². The number of rotatable bonds is 8. The first-order valence-corrected chi connectivity index (χ1v) is 7.81. The summed E-state index contributed by atoms with van der Waals surface area (Å²) in [6.45, 7) is 5.02. The van der Waals surface area contributed by atoms with Gasteiger partial charge in [-0.25, -0.2) is 0 Å². The zero-order valence-electron chi connectivity index (χ0n) is 12.1. The molecule has 20 heavy (non-hydrogen) atoms. The highest BCUT2D eigenvalue weighted by Gasteiger charge is 2.15. The van der Waals surface area contributed by atoms with Crippen LogP contribution in [-0.4, -0.2) is 24.7 Å². The van der Waals surface area contributed by atoms with Crippen LogP contribution in [0.5, 0.6) is 0 Å². The van der Waals surface area contributed by atoms with E-state index in [0.29, 0.717) is 5.56 Å². The van der Waals surface area contributed by atoms with Gasteiger partial charge >= 0.3 is 0 Å². The average Bonchev–Trinajstić information content (AvgIpc) is 2.43. The highest BCUT2D eigenvalue weighted by atomic mass is 32.2. The van der Waals surface area contributed by atoms with Gasteiger partial charge in [0.05, 0.1) is 17.8 Å². The third-order valence-electron chi connectivity index (χ3n) is 2.88. The lowest BCUT2D eigenvalue weighted by Gasteiger charge is -2.25. The van der Waals surface area contributed by atoms with E-state index in [2.05, 4.69) is 19.9 Å². The Morgan fingerprint density at radius 1 is 1.45 bits per heavy atom. The van der Waals surface area contributed by atoms with Crippen LogP contribution in [0.25, 0.3) is 0 Å². The maximum atomic E-state index is 11.2. The van der Waals surface area contributed by atoms with Gasteiger partial charge in [0.1, 0.15) is 6.07 Å². The number of primary amides is 1. The predicted molar refractivity (Wildman–Crippen MR) is 83.9 cm³/mol. The van der Waals surface area contributed by atoms with Gasteiger partial charge in [-0.1, -0.05) is 26.3 Å². The Morgan fingerprint density at radius 3 is 2.75 bits per heavy atom. The monoisotopic (exact) mass is 291 g/mol. The van der Waals surface area contributed by atoms with Crippen LogP contribution in [0.3, 0.4) is 0 Å². The average molecular weight is 291 g/mol. The third kappa shape index (κ3) is 4.46. The second-order valence-corrected chi connectivity index (χ2v) is 5.74. The van der Waals surface area contributed by atoms with Crippen molar-refractivity contribution in [1.29, 1.82) is 5.26 Å². The largest absolute Gasteiger partial charge is 0.368 e. The van der Waals surface area contributed by atoms with Crippen LogP contribution in [0.4, 0.5) is 5.69 Å². The zero-order chi connectivity index (χ0) is 15.0. The first kappa shape index (κ1) is 16.4. The van der Waals surface area contributed by atoms with Crippen molar-refractivity contribution in [1.82, 2.24) is 0 Å². The second-order valence-electron chi connectivity index (χ2n) is 4.44. The lowest BCUT2D eigenvalue weighted by molar-refractivity contribution is -0.116. The van der Waals surface area contributed by atoms with E-state index in [1.165, 1.54) is 0 Å². The summed E-state index contributed by atoms with van der Waals surface area (Å²) < 4.78 is 0. The van der Waals surface area contributed by atoms with Gasteiger partial charge in [-0.3, -0.25) is 4.79 Å². The molecule has 0 bridgehead atoms. The lowest BCUT2D eigenvalue weighted by atomic mass is 10.1. The van der Waals surface area contributed by atoms with Crippen molar-refractivity contribution >= 4 is 23.4 Å². The molecule has 0 aliphatic heterocycles. The summed E-state index contributed by atoms with van der Waals surface area (Å²) in [7, 11) is 0. The number of amides is 1. The minimum atomic E-state index is -0.376. The van der Waals surface area contributed by atoms with Crippen LogP contribution < -0.4 is 10.6 Å². The highest BCUT2D eigenvalue weighted by molar-refractivity contribution is 7.99. The standard InChI is InChI=1S/C15H21N3OS/c1-3-5-9-18(11-15(17)19)13-7-6-8-14(20-4-2)12(13)10-16/h6-8H,3-5,9,11H2,1-2H3,(H2,17,19). The number of carbonyl (C=O) groups excluding carboxylic acids is 1. The molecule has 0 aliphatic carbocycles. The fourth-order valence-corrected chi connectivity index (χ4v) is 2.77. The molecule has 0 atom stereocenters. The minimum absolute atomic E-state index is 0.148. The third-order valence-corrected chi connectivity index (χ3v) is 3.82. The van der Waals surface area contributed by atoms with Gasteiger partial charge in [-0.2, -0.15) is 5.26 Å². The summed E-state index contributed by atoms with van der Waals surface area (Å²) in [5, 5.41) is 9.43. The van der Waals surface area contributed by atoms with Crippen molar-refractivity contribution in [3.8, 4) is 6.07 Å². The maximum Gasteiger partial charge on any atom is 0.236 e. The Kier molecular flexibility index (Phi) is 6.96. The number of hydrogen-bond acceptors (Lipinski definition) is 4. The fourth-order valence-electron chi connectivity index (χ4n) is 1.99. The molecule has 0 spiro atoms. The molecule has 5 heteroatoms. The van der Waals surface area contributed by atoms with Gasteiger partial charge in [0.25, 0.3) is 0 Å². The van der Waals surface area contributed by atoms with E-state index in [0.717, 1.165) is 35.7 Å². The van der Waals surface area contributed by atoms with E-state index in [9.17, 15) is 10.1 Å². The van der Waals surface area contributed by atoms with Crippen LogP contribution in [0.2, 0.25) is 0 Å². The van der Waals surface area contributed by atoms with E-state index < -0.39 is 0 Å². The molecule has 0 saturated carbocycles. The van der Waals surface area contributed by atoms with Crippen molar-refractivity contribution in [2.75, 3.05) is 23.7 Å². The Morgan fingerprint density at radius 2 is 2.20 bits per heavy atom. The quantitative estimate of drug-likeness (QED) is 0.748. The predicted octanol–water partition coefficient (Wildman–Crippen LogP) is 2.76. The fraction of sp³-hybridized carbons (Fsp3) is 0.467. The molecule has 1 aromatic carbocycles. The highest BCUT2D eigenvalue weighted by Crippen LogP contribution is 2.30. The molecule has 0 saturated heterocycles. The van der Waals surface area contributed by atoms with Gasteiger partial charge in [0, 0.05) is 11.4 Å². The van der Waals surface area contributed by atoms with Crippen LogP contribution in [0, 0.1) is 11.3 Å². The molecule has 0 heterocycles. The Labute approximate surface area is 124 Å². The number of nitrogens with two attached hydrogens (primary N) is 1. The number of unbranched alkanes of at least 4 members (excludes halogenated alkanes) is 1. The molecule has 1 rings (SSSR count). The number of anilines is 1. The van der Waals surface area contributed by atoms with Gasteiger partial charge in [0.2, 0.25) is 5.91 Å². The Balaban J connectivity index is 3.14. The molecule has 2 N–H and O–H groups in total. The molecule has 0 unspecified atom stereocenters. The summed E-state index contributed by atoms with van der Waals surface area (Å²) in [6, 6.07) is 8.02. The van der Waals surface area contributed by atoms with Gasteiger partial charge < -0.3 is 10.6 Å². The van der Waals surface area contributed by atoms with E-state index in [1.54, 1.807) is 11.8 Å². The summed E-state index contributed by atoms with van der Waals surface area (Å²) in [4.78, 5) is 14.1. The van der Waals surface area contributed by atoms with Crippen LogP contribution in [0.15, 0.2) is 23.1 Å². The number of nitrogens with zero attached hydrogens (tertiary/aromatic N) is 2. The molecule has 0 aliphatic rings. The SMILES string of the molecule is CCCCN(CC(N)=O)c1cccc(SCC)c1C#N. The van der Waals surface area contributed by atoms with Crippen molar-refractivity contribution in [2.24, 2.45) is 5.73 Å². The summed E-state index contributed by atoms with van der Waals surface area (Å²) in [5.41, 5.74) is 6.76. The van der Waals surface area contributed by atoms with Crippen LogP contribution in [0.1, 0.15) is 32.3 Å².